The van der Waals surface area contributed by atoms with Crippen molar-refractivity contribution in [1.82, 2.24) is 0 Å². The minimum atomic E-state index is -1.75. The van der Waals surface area contributed by atoms with E-state index in [9.17, 15) is 30.6 Å². The second-order valence-electron chi connectivity index (χ2n) is 10.1. The van der Waals surface area contributed by atoms with Crippen molar-refractivity contribution in [2.24, 2.45) is 28.6 Å². The largest absolute Gasteiger partial charge is 0.392 e. The van der Waals surface area contributed by atoms with E-state index in [2.05, 4.69) is 6.58 Å². The summed E-state index contributed by atoms with van der Waals surface area (Å²) in [6, 6.07) is 0. The molecule has 0 radical (unpaired) electrons. The van der Waals surface area contributed by atoms with E-state index in [1.807, 2.05) is 0 Å². The van der Waals surface area contributed by atoms with Crippen LogP contribution >= 0.6 is 0 Å². The molecule has 6 nitrogen and oxygen atoms in total. The maximum absolute atomic E-state index is 11.6. The van der Waals surface area contributed by atoms with Gasteiger partial charge in [0.1, 0.15) is 11.7 Å². The summed E-state index contributed by atoms with van der Waals surface area (Å²) in [5.41, 5.74) is -4.41. The molecule has 0 aromatic rings. The van der Waals surface area contributed by atoms with Crippen molar-refractivity contribution in [2.75, 3.05) is 0 Å². The van der Waals surface area contributed by atoms with Crippen molar-refractivity contribution in [3.05, 3.63) is 12.2 Å². The molecule has 0 aliphatic heterocycles. The average molecular weight is 368 g/mol. The number of aliphatic hydroxyl groups is 6. The van der Waals surface area contributed by atoms with Gasteiger partial charge in [0.05, 0.1) is 23.9 Å². The van der Waals surface area contributed by atoms with Gasteiger partial charge in [-0.1, -0.05) is 26.0 Å². The molecule has 0 aromatic carbocycles. The minimum absolute atomic E-state index is 0.152. The molecule has 148 valence electrons. The predicted octanol–water partition coefficient (Wildman–Crippen LogP) is -0.0557. The summed E-state index contributed by atoms with van der Waals surface area (Å²) in [7, 11) is 0. The van der Waals surface area contributed by atoms with Crippen LogP contribution in [-0.2, 0) is 0 Å². The van der Waals surface area contributed by atoms with Crippen LogP contribution < -0.4 is 0 Å². The van der Waals surface area contributed by atoms with Crippen LogP contribution in [0, 0.1) is 28.6 Å². The van der Waals surface area contributed by atoms with Crippen molar-refractivity contribution in [1.29, 1.82) is 0 Å². The fourth-order valence-corrected chi connectivity index (χ4v) is 7.21. The van der Waals surface area contributed by atoms with E-state index < -0.39 is 52.4 Å². The van der Waals surface area contributed by atoms with Gasteiger partial charge in [-0.25, -0.2) is 0 Å². The highest BCUT2D eigenvalue weighted by atomic mass is 16.4. The van der Waals surface area contributed by atoms with Crippen molar-refractivity contribution in [3.8, 4) is 0 Å². The lowest BCUT2D eigenvalue weighted by Gasteiger charge is -2.49. The molecule has 6 heteroatoms. The third kappa shape index (κ3) is 1.79. The zero-order valence-electron chi connectivity index (χ0n) is 15.8. The molecule has 0 aromatic heterocycles. The van der Waals surface area contributed by atoms with E-state index in [-0.39, 0.29) is 24.7 Å². The molecule has 0 saturated heterocycles. The van der Waals surface area contributed by atoms with Gasteiger partial charge < -0.3 is 30.6 Å². The van der Waals surface area contributed by atoms with E-state index in [1.54, 1.807) is 20.8 Å². The normalized spacial score (nSPS) is 61.1. The van der Waals surface area contributed by atoms with E-state index in [1.165, 1.54) is 0 Å². The Balaban J connectivity index is 1.91. The molecule has 10 atom stereocenters. The fourth-order valence-electron chi connectivity index (χ4n) is 7.21. The highest BCUT2D eigenvalue weighted by molar-refractivity contribution is 5.33. The molecule has 0 amide bonds. The van der Waals surface area contributed by atoms with Crippen molar-refractivity contribution < 1.29 is 30.6 Å². The Morgan fingerprint density at radius 2 is 1.50 bits per heavy atom. The van der Waals surface area contributed by atoms with Gasteiger partial charge in [-0.15, -0.1) is 0 Å². The van der Waals surface area contributed by atoms with Gasteiger partial charge in [-0.2, -0.15) is 0 Å². The van der Waals surface area contributed by atoms with Crippen molar-refractivity contribution in [3.63, 3.8) is 0 Å². The third-order valence-corrected chi connectivity index (χ3v) is 8.86. The first kappa shape index (κ1) is 18.8. The summed E-state index contributed by atoms with van der Waals surface area (Å²) in [5.74, 6) is -1.28. The van der Waals surface area contributed by atoms with Gasteiger partial charge in [0.25, 0.3) is 0 Å². The lowest BCUT2D eigenvalue weighted by molar-refractivity contribution is -0.219. The average Bonchev–Trinajstić information content (AvgIpc) is 2.78. The SMILES string of the molecule is C=C1[C@@H]2CC[C@@H]3[C@@H](O)[C@]2(C[C@@]3(C)O)[C@H](O)[C@@H](O)[C@@]2(O)[C@H]1C[C@H](O)C2(C)C. The second-order valence-corrected chi connectivity index (χ2v) is 10.1. The Labute approximate surface area is 154 Å². The lowest BCUT2D eigenvalue weighted by Crippen LogP contribution is -2.63. The minimum Gasteiger partial charge on any atom is -0.392 e. The number of hydrogen-bond acceptors (Lipinski definition) is 6. The second kappa shape index (κ2) is 5.10. The van der Waals surface area contributed by atoms with Crippen LogP contribution in [0.3, 0.4) is 0 Å². The van der Waals surface area contributed by atoms with E-state index >= 15 is 0 Å². The van der Waals surface area contributed by atoms with Crippen LogP contribution in [0.25, 0.3) is 0 Å². The highest BCUT2D eigenvalue weighted by Gasteiger charge is 2.75. The third-order valence-electron chi connectivity index (χ3n) is 8.86. The Morgan fingerprint density at radius 3 is 2.12 bits per heavy atom. The number of rotatable bonds is 0. The van der Waals surface area contributed by atoms with Crippen molar-refractivity contribution in [2.45, 2.75) is 82.1 Å². The molecule has 6 N–H and O–H groups in total. The molecule has 4 aliphatic carbocycles. The van der Waals surface area contributed by atoms with E-state index in [0.717, 1.165) is 0 Å². The van der Waals surface area contributed by atoms with Crippen LogP contribution in [0.15, 0.2) is 12.2 Å². The summed E-state index contributed by atoms with van der Waals surface area (Å²) < 4.78 is 0. The summed E-state index contributed by atoms with van der Waals surface area (Å²) in [6.07, 6.45) is -3.15. The highest BCUT2D eigenvalue weighted by Crippen LogP contribution is 2.68. The van der Waals surface area contributed by atoms with E-state index in [4.69, 9.17) is 0 Å². The smallest absolute Gasteiger partial charge is 0.110 e. The van der Waals surface area contributed by atoms with Gasteiger partial charge in [0.2, 0.25) is 0 Å². The van der Waals surface area contributed by atoms with Crippen LogP contribution in [0.4, 0.5) is 0 Å². The van der Waals surface area contributed by atoms with Crippen molar-refractivity contribution >= 4 is 0 Å². The summed E-state index contributed by atoms with van der Waals surface area (Å²) in [5, 5.41) is 66.6. The van der Waals surface area contributed by atoms with Gasteiger partial charge in [-0.05, 0) is 38.5 Å². The topological polar surface area (TPSA) is 121 Å². The van der Waals surface area contributed by atoms with Gasteiger partial charge in [0, 0.05) is 22.7 Å². The first-order valence-corrected chi connectivity index (χ1v) is 9.69. The molecule has 4 aliphatic rings. The van der Waals surface area contributed by atoms with Gasteiger partial charge in [0.15, 0.2) is 0 Å². The number of fused-ring (bicyclic) bond motifs is 2. The Kier molecular flexibility index (Phi) is 3.70. The monoisotopic (exact) mass is 368 g/mol. The van der Waals surface area contributed by atoms with E-state index in [0.29, 0.717) is 18.4 Å². The molecular weight excluding hydrogens is 336 g/mol. The molecule has 2 bridgehead atoms. The molecule has 0 unspecified atom stereocenters. The molecule has 0 heterocycles. The lowest BCUT2D eigenvalue weighted by atomic mass is 9.60. The zero-order chi connectivity index (χ0) is 19.4. The Bertz CT molecular complexity index is 644. The maximum Gasteiger partial charge on any atom is 0.110 e. The number of hydrogen-bond donors (Lipinski definition) is 6. The number of aliphatic hydroxyl groups excluding tert-OH is 4. The molecule has 26 heavy (non-hydrogen) atoms. The summed E-state index contributed by atoms with van der Waals surface area (Å²) in [4.78, 5) is 0. The maximum atomic E-state index is 11.6. The standard InChI is InChI=1S/C20H32O6/c1-9-10-5-6-11-14(22)19(10,8-18(11,4)25)15(23)16(24)20(26)12(9)7-13(21)17(20,2)3/h10-16,21-26H,1,5-8H2,2-4H3/t10-,11+,12-,13-,14+,15+,16+,18+,19+,20-/m0/s1. The van der Waals surface area contributed by atoms with Crippen LogP contribution in [0.5, 0.6) is 0 Å². The van der Waals surface area contributed by atoms with Crippen LogP contribution in [0.1, 0.15) is 46.5 Å². The quantitative estimate of drug-likeness (QED) is 0.333. The Hall–Kier alpha value is -0.500. The van der Waals surface area contributed by atoms with Crippen LogP contribution in [-0.4, -0.2) is 66.3 Å². The fraction of sp³-hybridized carbons (Fsp3) is 0.900. The van der Waals surface area contributed by atoms with Crippen LogP contribution in [0.2, 0.25) is 0 Å². The summed E-state index contributed by atoms with van der Waals surface area (Å²) in [6.45, 7) is 9.28. The molecule has 1 spiro atoms. The first-order chi connectivity index (χ1) is 11.8. The zero-order valence-corrected chi connectivity index (χ0v) is 15.8. The Morgan fingerprint density at radius 1 is 0.885 bits per heavy atom. The predicted molar refractivity (Wildman–Crippen MR) is 93.9 cm³/mol. The molecule has 4 rings (SSSR count). The van der Waals surface area contributed by atoms with Gasteiger partial charge in [-0.3, -0.25) is 0 Å². The molecule has 4 fully saturated rings. The summed E-state index contributed by atoms with van der Waals surface area (Å²) >= 11 is 0. The van der Waals surface area contributed by atoms with Gasteiger partial charge >= 0.3 is 0 Å². The molecule has 4 saturated carbocycles. The molecular formula is C20H32O6. The first-order valence-electron chi connectivity index (χ1n) is 9.69.